The molecule has 2 aliphatic heterocycles. The Hall–Kier alpha value is -1.63. The Morgan fingerprint density at radius 2 is 1.96 bits per heavy atom. The molecule has 3 rings (SSSR count). The lowest BCUT2D eigenvalue weighted by molar-refractivity contribution is -0.140. The van der Waals surface area contributed by atoms with Gasteiger partial charge in [0.05, 0.1) is 5.56 Å². The Labute approximate surface area is 131 Å². The van der Waals surface area contributed by atoms with Crippen molar-refractivity contribution in [3.05, 3.63) is 35.1 Å². The second kappa shape index (κ2) is 5.78. The van der Waals surface area contributed by atoms with Gasteiger partial charge in [-0.25, -0.2) is 4.39 Å². The molecule has 2 fully saturated rings. The largest absolute Gasteiger partial charge is 0.419 e. The number of nitrogens with zero attached hydrogens (tertiary/aromatic N) is 1. The van der Waals surface area contributed by atoms with Crippen molar-refractivity contribution in [3.8, 4) is 0 Å². The zero-order chi connectivity index (χ0) is 16.7. The molecule has 1 spiro atoms. The number of piperidine rings is 1. The molecule has 1 atom stereocenters. The maximum absolute atomic E-state index is 13.7. The van der Waals surface area contributed by atoms with Gasteiger partial charge in [-0.05, 0) is 49.9 Å². The molecule has 1 aromatic carbocycles. The molecule has 3 nitrogen and oxygen atoms in total. The van der Waals surface area contributed by atoms with Gasteiger partial charge in [0.25, 0.3) is 0 Å². The fourth-order valence-electron chi connectivity index (χ4n) is 3.67. The Bertz CT molecular complexity index is 617. The lowest BCUT2D eigenvalue weighted by Gasteiger charge is -2.40. The van der Waals surface area contributed by atoms with Crippen LogP contribution in [0, 0.1) is 5.82 Å². The van der Waals surface area contributed by atoms with E-state index in [1.807, 2.05) is 4.90 Å². The van der Waals surface area contributed by atoms with E-state index in [1.165, 1.54) is 6.07 Å². The number of hydrogen-bond donors (Lipinski definition) is 1. The van der Waals surface area contributed by atoms with Gasteiger partial charge >= 0.3 is 6.18 Å². The Kier molecular flexibility index (Phi) is 4.08. The summed E-state index contributed by atoms with van der Waals surface area (Å²) < 4.78 is 51.6. The summed E-state index contributed by atoms with van der Waals surface area (Å²) in [5, 5.41) is 2.87. The van der Waals surface area contributed by atoms with E-state index in [1.54, 1.807) is 0 Å². The Balaban J connectivity index is 1.81. The number of halogens is 4. The molecule has 2 saturated heterocycles. The SMILES string of the molecule is O=C1NCCCC12CCCN2Cc1ccc(C(F)(F)F)c(F)c1. The van der Waals surface area contributed by atoms with Crippen LogP contribution in [0.1, 0.15) is 36.8 Å². The van der Waals surface area contributed by atoms with Crippen LogP contribution in [0.15, 0.2) is 18.2 Å². The Morgan fingerprint density at radius 3 is 2.61 bits per heavy atom. The minimum absolute atomic E-state index is 0.0198. The molecule has 2 aliphatic rings. The summed E-state index contributed by atoms with van der Waals surface area (Å²) >= 11 is 0. The van der Waals surface area contributed by atoms with Gasteiger partial charge < -0.3 is 5.32 Å². The maximum atomic E-state index is 13.7. The first-order valence-corrected chi connectivity index (χ1v) is 7.72. The fourth-order valence-corrected chi connectivity index (χ4v) is 3.67. The third kappa shape index (κ3) is 2.94. The van der Waals surface area contributed by atoms with Crippen LogP contribution in [-0.2, 0) is 17.5 Å². The molecule has 1 aromatic rings. The number of rotatable bonds is 2. The van der Waals surface area contributed by atoms with Crippen LogP contribution >= 0.6 is 0 Å². The lowest BCUT2D eigenvalue weighted by atomic mass is 9.86. The number of likely N-dealkylation sites (tertiary alicyclic amines) is 1. The standard InChI is InChI=1S/C16H18F4N2O/c17-13-9-11(3-4-12(13)16(18,19)20)10-22-8-2-6-15(22)5-1-7-21-14(15)23/h3-4,9H,1-2,5-8,10H2,(H,21,23). The van der Waals surface area contributed by atoms with Gasteiger partial charge in [-0.3, -0.25) is 9.69 Å². The molecule has 23 heavy (non-hydrogen) atoms. The van der Waals surface area contributed by atoms with Crippen molar-refractivity contribution in [2.24, 2.45) is 0 Å². The van der Waals surface area contributed by atoms with E-state index in [2.05, 4.69) is 5.32 Å². The number of amides is 1. The molecular formula is C16H18F4N2O. The minimum Gasteiger partial charge on any atom is -0.354 e. The van der Waals surface area contributed by atoms with E-state index in [0.717, 1.165) is 37.8 Å². The normalized spacial score (nSPS) is 25.8. The molecule has 2 heterocycles. The molecule has 126 valence electrons. The number of carbonyl (C=O) groups is 1. The first kappa shape index (κ1) is 16.2. The zero-order valence-electron chi connectivity index (χ0n) is 12.5. The lowest BCUT2D eigenvalue weighted by Crippen LogP contribution is -2.58. The quantitative estimate of drug-likeness (QED) is 0.845. The van der Waals surface area contributed by atoms with E-state index in [9.17, 15) is 22.4 Å². The van der Waals surface area contributed by atoms with Crippen molar-refractivity contribution in [3.63, 3.8) is 0 Å². The highest BCUT2D eigenvalue weighted by atomic mass is 19.4. The molecular weight excluding hydrogens is 312 g/mol. The van der Waals surface area contributed by atoms with E-state index in [4.69, 9.17) is 0 Å². The summed E-state index contributed by atoms with van der Waals surface area (Å²) in [7, 11) is 0. The van der Waals surface area contributed by atoms with Crippen LogP contribution in [0.3, 0.4) is 0 Å². The predicted molar refractivity (Wildman–Crippen MR) is 76.0 cm³/mol. The van der Waals surface area contributed by atoms with Gasteiger partial charge in [0.2, 0.25) is 5.91 Å². The number of alkyl halides is 3. The second-order valence-corrected chi connectivity index (χ2v) is 6.23. The summed E-state index contributed by atoms with van der Waals surface area (Å²) in [4.78, 5) is 14.3. The van der Waals surface area contributed by atoms with Crippen LogP contribution in [0.2, 0.25) is 0 Å². The number of nitrogens with one attached hydrogen (secondary N) is 1. The van der Waals surface area contributed by atoms with Crippen molar-refractivity contribution < 1.29 is 22.4 Å². The summed E-state index contributed by atoms with van der Waals surface area (Å²) in [6.07, 6.45) is -1.48. The van der Waals surface area contributed by atoms with Gasteiger partial charge in [0.15, 0.2) is 0 Å². The van der Waals surface area contributed by atoms with Crippen molar-refractivity contribution in [1.82, 2.24) is 10.2 Å². The van der Waals surface area contributed by atoms with E-state index >= 15 is 0 Å². The first-order valence-electron chi connectivity index (χ1n) is 7.72. The molecule has 1 N–H and O–H groups in total. The number of hydrogen-bond acceptors (Lipinski definition) is 2. The summed E-state index contributed by atoms with van der Waals surface area (Å²) in [5.41, 5.74) is -1.39. The smallest absolute Gasteiger partial charge is 0.354 e. The molecule has 1 unspecified atom stereocenters. The highest BCUT2D eigenvalue weighted by Crippen LogP contribution is 2.37. The van der Waals surface area contributed by atoms with Crippen LogP contribution in [0.5, 0.6) is 0 Å². The maximum Gasteiger partial charge on any atom is 0.419 e. The molecule has 0 aromatic heterocycles. The Morgan fingerprint density at radius 1 is 1.22 bits per heavy atom. The summed E-state index contributed by atoms with van der Waals surface area (Å²) in [6, 6.07) is 2.99. The van der Waals surface area contributed by atoms with Crippen molar-refractivity contribution in [1.29, 1.82) is 0 Å². The van der Waals surface area contributed by atoms with Crippen LogP contribution in [-0.4, -0.2) is 29.4 Å². The fraction of sp³-hybridized carbons (Fsp3) is 0.562. The third-order valence-electron chi connectivity index (χ3n) is 4.81. The average molecular weight is 330 g/mol. The molecule has 0 bridgehead atoms. The predicted octanol–water partition coefficient (Wildman–Crippen LogP) is 3.09. The highest BCUT2D eigenvalue weighted by Gasteiger charge is 2.48. The van der Waals surface area contributed by atoms with E-state index in [0.29, 0.717) is 18.7 Å². The van der Waals surface area contributed by atoms with Crippen molar-refractivity contribution >= 4 is 5.91 Å². The minimum atomic E-state index is -4.69. The van der Waals surface area contributed by atoms with Crippen LogP contribution in [0.25, 0.3) is 0 Å². The van der Waals surface area contributed by atoms with Crippen LogP contribution < -0.4 is 5.32 Å². The van der Waals surface area contributed by atoms with Gasteiger partial charge in [-0.1, -0.05) is 6.07 Å². The zero-order valence-corrected chi connectivity index (χ0v) is 12.5. The van der Waals surface area contributed by atoms with Gasteiger partial charge in [-0.15, -0.1) is 0 Å². The van der Waals surface area contributed by atoms with Gasteiger partial charge in [0.1, 0.15) is 11.4 Å². The molecule has 0 saturated carbocycles. The number of carbonyl (C=O) groups excluding carboxylic acids is 1. The first-order chi connectivity index (χ1) is 10.8. The van der Waals surface area contributed by atoms with Gasteiger partial charge in [-0.2, -0.15) is 13.2 Å². The summed E-state index contributed by atoms with van der Waals surface area (Å²) in [6.45, 7) is 1.63. The molecule has 0 aliphatic carbocycles. The third-order valence-corrected chi connectivity index (χ3v) is 4.81. The van der Waals surface area contributed by atoms with E-state index in [-0.39, 0.29) is 12.5 Å². The summed E-state index contributed by atoms with van der Waals surface area (Å²) in [5.74, 6) is -1.29. The topological polar surface area (TPSA) is 32.3 Å². The second-order valence-electron chi connectivity index (χ2n) is 6.23. The average Bonchev–Trinajstić information content (AvgIpc) is 2.85. The van der Waals surface area contributed by atoms with Crippen LogP contribution in [0.4, 0.5) is 17.6 Å². The van der Waals surface area contributed by atoms with Crippen molar-refractivity contribution in [2.45, 2.75) is 43.9 Å². The monoisotopic (exact) mass is 330 g/mol. The molecule has 1 amide bonds. The number of benzene rings is 1. The highest BCUT2D eigenvalue weighted by molar-refractivity contribution is 5.87. The van der Waals surface area contributed by atoms with E-state index < -0.39 is 23.1 Å². The molecule has 0 radical (unpaired) electrons. The molecule has 7 heteroatoms. The van der Waals surface area contributed by atoms with Gasteiger partial charge in [0, 0.05) is 13.1 Å². The van der Waals surface area contributed by atoms with Crippen molar-refractivity contribution in [2.75, 3.05) is 13.1 Å².